The Bertz CT molecular complexity index is 985. The predicted octanol–water partition coefficient (Wildman–Crippen LogP) is 4.60. The molecule has 0 aromatic heterocycles. The summed E-state index contributed by atoms with van der Waals surface area (Å²) in [7, 11) is -3.67. The fourth-order valence-electron chi connectivity index (χ4n) is 2.88. The molecule has 0 spiro atoms. The summed E-state index contributed by atoms with van der Waals surface area (Å²) in [4.78, 5) is 12.6. The van der Waals surface area contributed by atoms with Crippen molar-refractivity contribution in [2.75, 3.05) is 29.5 Å². The Morgan fingerprint density at radius 2 is 1.87 bits per heavy atom. The highest BCUT2D eigenvalue weighted by Gasteiger charge is 2.28. The zero-order chi connectivity index (χ0) is 23.0. The Morgan fingerprint density at radius 1 is 1.19 bits per heavy atom. The first kappa shape index (κ1) is 25.6. The van der Waals surface area contributed by atoms with Crippen molar-refractivity contribution in [3.05, 3.63) is 58.1 Å². The molecule has 0 aliphatic carbocycles. The van der Waals surface area contributed by atoms with E-state index < -0.39 is 16.1 Å². The van der Waals surface area contributed by atoms with Crippen molar-refractivity contribution in [3.63, 3.8) is 0 Å². The van der Waals surface area contributed by atoms with Crippen LogP contribution in [0.3, 0.4) is 0 Å². The van der Waals surface area contributed by atoms with Gasteiger partial charge in [0.25, 0.3) is 0 Å². The third-order valence-corrected chi connectivity index (χ3v) is 7.15. The summed E-state index contributed by atoms with van der Waals surface area (Å²) in [5.74, 6) is 1.60. The number of amides is 1. The van der Waals surface area contributed by atoms with E-state index in [1.54, 1.807) is 55.1 Å². The molecular weight excluding hydrogens is 479 g/mol. The van der Waals surface area contributed by atoms with Crippen LogP contribution in [-0.2, 0) is 20.6 Å². The van der Waals surface area contributed by atoms with Crippen LogP contribution in [0.4, 0.5) is 5.69 Å². The highest BCUT2D eigenvalue weighted by atomic mass is 35.5. The first-order valence-electron chi connectivity index (χ1n) is 9.65. The van der Waals surface area contributed by atoms with Gasteiger partial charge in [0.1, 0.15) is 11.8 Å². The Balaban J connectivity index is 1.92. The van der Waals surface area contributed by atoms with Gasteiger partial charge in [-0.05, 0) is 55.8 Å². The van der Waals surface area contributed by atoms with Crippen molar-refractivity contribution < 1.29 is 17.9 Å². The molecule has 2 rings (SSSR count). The summed E-state index contributed by atoms with van der Waals surface area (Å²) in [5.41, 5.74) is 1.37. The number of ether oxygens (including phenoxy) is 1. The van der Waals surface area contributed by atoms with Gasteiger partial charge in [0.15, 0.2) is 0 Å². The van der Waals surface area contributed by atoms with Crippen molar-refractivity contribution in [2.45, 2.75) is 25.6 Å². The van der Waals surface area contributed by atoms with Crippen molar-refractivity contribution in [1.29, 1.82) is 0 Å². The summed E-state index contributed by atoms with van der Waals surface area (Å²) in [5, 5.41) is 4.00. The average Bonchev–Trinajstić information content (AvgIpc) is 2.69. The van der Waals surface area contributed by atoms with Gasteiger partial charge in [-0.3, -0.25) is 9.10 Å². The second kappa shape index (κ2) is 11.9. The zero-order valence-electron chi connectivity index (χ0n) is 17.6. The van der Waals surface area contributed by atoms with E-state index in [4.69, 9.17) is 27.9 Å². The molecule has 0 heterocycles. The topological polar surface area (TPSA) is 75.7 Å². The van der Waals surface area contributed by atoms with Gasteiger partial charge in [0, 0.05) is 28.1 Å². The minimum Gasteiger partial charge on any atom is -0.494 e. The maximum atomic E-state index is 12.6. The number of carbonyl (C=O) groups excluding carboxylic acids is 1. The van der Waals surface area contributed by atoms with E-state index in [-0.39, 0.29) is 5.91 Å². The summed E-state index contributed by atoms with van der Waals surface area (Å²) in [6.45, 7) is 4.34. The van der Waals surface area contributed by atoms with E-state index in [1.165, 1.54) is 0 Å². The van der Waals surface area contributed by atoms with Crippen molar-refractivity contribution >= 4 is 56.6 Å². The van der Waals surface area contributed by atoms with Gasteiger partial charge in [-0.15, -0.1) is 0 Å². The van der Waals surface area contributed by atoms with E-state index in [0.29, 0.717) is 46.1 Å². The summed E-state index contributed by atoms with van der Waals surface area (Å²) in [6.07, 6.45) is 1.08. The number of thioether (sulfide) groups is 1. The Labute approximate surface area is 198 Å². The molecule has 1 amide bonds. The summed E-state index contributed by atoms with van der Waals surface area (Å²) >= 11 is 13.7. The van der Waals surface area contributed by atoms with Crippen molar-refractivity contribution in [1.82, 2.24) is 5.32 Å². The number of nitrogens with one attached hydrogen (secondary N) is 1. The van der Waals surface area contributed by atoms with E-state index >= 15 is 0 Å². The molecule has 1 unspecified atom stereocenters. The maximum Gasteiger partial charge on any atom is 0.243 e. The number of benzene rings is 2. The minimum atomic E-state index is -3.67. The van der Waals surface area contributed by atoms with Crippen LogP contribution in [0.5, 0.6) is 5.75 Å². The van der Waals surface area contributed by atoms with Crippen LogP contribution in [0.2, 0.25) is 10.0 Å². The third-order valence-electron chi connectivity index (χ3n) is 4.31. The third kappa shape index (κ3) is 7.79. The fraction of sp³-hybridized carbons (Fsp3) is 0.381. The Hall–Kier alpha value is -1.61. The molecule has 0 aliphatic heterocycles. The van der Waals surface area contributed by atoms with Crippen LogP contribution in [0.15, 0.2) is 42.5 Å². The molecule has 2 aromatic rings. The average molecular weight is 505 g/mol. The SMILES string of the molecule is CCOc1ccc(N(C(C)C(=O)NCCSCc2ccc(Cl)cc2Cl)S(C)(=O)=O)cc1. The largest absolute Gasteiger partial charge is 0.494 e. The fourth-order valence-corrected chi connectivity index (χ4v) is 5.47. The normalized spacial score (nSPS) is 12.3. The molecule has 2 aromatic carbocycles. The molecule has 1 N–H and O–H groups in total. The van der Waals surface area contributed by atoms with E-state index in [2.05, 4.69) is 5.32 Å². The number of nitrogens with zero attached hydrogens (tertiary/aromatic N) is 1. The second-order valence-corrected chi connectivity index (χ2v) is 10.5. The first-order valence-corrected chi connectivity index (χ1v) is 13.4. The van der Waals surface area contributed by atoms with Gasteiger partial charge < -0.3 is 10.1 Å². The molecule has 1 atom stereocenters. The molecule has 6 nitrogen and oxygen atoms in total. The molecule has 31 heavy (non-hydrogen) atoms. The molecule has 0 radical (unpaired) electrons. The number of hydrogen-bond acceptors (Lipinski definition) is 5. The molecule has 0 saturated heterocycles. The number of hydrogen-bond donors (Lipinski definition) is 1. The Kier molecular flexibility index (Phi) is 9.81. The van der Waals surface area contributed by atoms with Crippen LogP contribution >= 0.6 is 35.0 Å². The molecular formula is C21H26Cl2N2O4S2. The van der Waals surface area contributed by atoms with Crippen molar-refractivity contribution in [2.24, 2.45) is 0 Å². The van der Waals surface area contributed by atoms with Gasteiger partial charge in [-0.25, -0.2) is 8.42 Å². The maximum absolute atomic E-state index is 12.6. The molecule has 170 valence electrons. The number of rotatable bonds is 11. The quantitative estimate of drug-likeness (QED) is 0.452. The van der Waals surface area contributed by atoms with Crippen LogP contribution in [0.25, 0.3) is 0 Å². The van der Waals surface area contributed by atoms with E-state index in [9.17, 15) is 13.2 Å². The minimum absolute atomic E-state index is 0.371. The summed E-state index contributed by atoms with van der Waals surface area (Å²) < 4.78 is 31.2. The monoisotopic (exact) mass is 504 g/mol. The van der Waals surface area contributed by atoms with Gasteiger partial charge >= 0.3 is 0 Å². The summed E-state index contributed by atoms with van der Waals surface area (Å²) in [6, 6.07) is 11.1. The van der Waals surface area contributed by atoms with Crippen LogP contribution < -0.4 is 14.4 Å². The standard InChI is InChI=1S/C21H26Cl2N2O4S2/c1-4-29-19-9-7-18(8-10-19)25(31(3,27)28)15(2)21(26)24-11-12-30-14-16-5-6-17(22)13-20(16)23/h5-10,13,15H,4,11-12,14H2,1-3H3,(H,24,26). The molecule has 0 aliphatic rings. The number of carbonyl (C=O) groups is 1. The van der Waals surface area contributed by atoms with Crippen LogP contribution in [-0.4, -0.2) is 45.5 Å². The molecule has 0 fully saturated rings. The Morgan fingerprint density at radius 3 is 2.45 bits per heavy atom. The highest BCUT2D eigenvalue weighted by molar-refractivity contribution is 7.98. The highest BCUT2D eigenvalue weighted by Crippen LogP contribution is 2.25. The second-order valence-electron chi connectivity index (χ2n) is 6.74. The molecule has 0 saturated carbocycles. The van der Waals surface area contributed by atoms with Gasteiger partial charge in [-0.1, -0.05) is 29.3 Å². The molecule has 0 bridgehead atoms. The molecule has 10 heteroatoms. The van der Waals surface area contributed by atoms with E-state index in [1.807, 2.05) is 13.0 Å². The van der Waals surface area contributed by atoms with Crippen LogP contribution in [0, 0.1) is 0 Å². The lowest BCUT2D eigenvalue weighted by molar-refractivity contribution is -0.121. The lowest BCUT2D eigenvalue weighted by Crippen LogP contribution is -2.48. The van der Waals surface area contributed by atoms with Gasteiger partial charge in [0.2, 0.25) is 15.9 Å². The predicted molar refractivity (Wildman–Crippen MR) is 130 cm³/mol. The number of halogens is 2. The first-order chi connectivity index (χ1) is 14.6. The lowest BCUT2D eigenvalue weighted by Gasteiger charge is -2.28. The van der Waals surface area contributed by atoms with Crippen LogP contribution in [0.1, 0.15) is 19.4 Å². The lowest BCUT2D eigenvalue weighted by atomic mass is 10.2. The zero-order valence-corrected chi connectivity index (χ0v) is 20.7. The number of anilines is 1. The van der Waals surface area contributed by atoms with E-state index in [0.717, 1.165) is 16.1 Å². The smallest absolute Gasteiger partial charge is 0.243 e. The van der Waals surface area contributed by atoms with Gasteiger partial charge in [-0.2, -0.15) is 11.8 Å². The number of sulfonamides is 1. The van der Waals surface area contributed by atoms with Crippen molar-refractivity contribution in [3.8, 4) is 5.75 Å². The van der Waals surface area contributed by atoms with Gasteiger partial charge in [0.05, 0.1) is 18.6 Å².